The van der Waals surface area contributed by atoms with E-state index in [0.29, 0.717) is 10.6 Å². The Kier molecular flexibility index (Phi) is 3.47. The number of benzene rings is 1. The molecule has 3 heterocycles. The number of nitrogens with zero attached hydrogens (tertiary/aromatic N) is 1. The molecule has 1 aliphatic rings. The van der Waals surface area contributed by atoms with Crippen LogP contribution in [-0.4, -0.2) is 13.1 Å². The van der Waals surface area contributed by atoms with Gasteiger partial charge in [0.15, 0.2) is 11.5 Å². The summed E-state index contributed by atoms with van der Waals surface area (Å²) >= 11 is 1.47. The van der Waals surface area contributed by atoms with Crippen LogP contribution in [0.4, 0.5) is 5.88 Å². The summed E-state index contributed by atoms with van der Waals surface area (Å²) in [5.74, 6) is 0.716. The average molecular weight is 311 g/mol. The standard InChI is InChI=1S/C18H17NO2S/c20-15-11-16(19-9-5-2-6-10-19)21-17-14(12-22-18(15)17)13-7-3-1-4-8-13/h1,3-4,7-8,11-12H,2,5-6,9-10H2. The lowest BCUT2D eigenvalue weighted by Crippen LogP contribution is -2.29. The molecule has 1 fully saturated rings. The molecule has 1 aliphatic heterocycles. The summed E-state index contributed by atoms with van der Waals surface area (Å²) in [7, 11) is 0. The lowest BCUT2D eigenvalue weighted by molar-refractivity contribution is 0.513. The molecule has 1 aromatic carbocycles. The molecule has 0 bridgehead atoms. The Morgan fingerprint density at radius 3 is 2.59 bits per heavy atom. The Labute approximate surface area is 132 Å². The Morgan fingerprint density at radius 1 is 1.05 bits per heavy atom. The van der Waals surface area contributed by atoms with Crippen molar-refractivity contribution in [1.82, 2.24) is 0 Å². The van der Waals surface area contributed by atoms with Crippen LogP contribution < -0.4 is 10.3 Å². The van der Waals surface area contributed by atoms with Crippen LogP contribution in [0.2, 0.25) is 0 Å². The van der Waals surface area contributed by atoms with E-state index >= 15 is 0 Å². The molecule has 0 unspecified atom stereocenters. The molecule has 2 aromatic heterocycles. The Balaban J connectivity index is 1.86. The van der Waals surface area contributed by atoms with Gasteiger partial charge < -0.3 is 9.32 Å². The molecule has 0 saturated carbocycles. The fourth-order valence-corrected chi connectivity index (χ4v) is 3.93. The molecule has 0 amide bonds. The minimum absolute atomic E-state index is 0.0639. The second-order valence-corrected chi connectivity index (χ2v) is 6.55. The third-order valence-corrected chi connectivity index (χ3v) is 5.16. The van der Waals surface area contributed by atoms with E-state index in [-0.39, 0.29) is 5.43 Å². The average Bonchev–Trinajstić information content (AvgIpc) is 3.01. The third kappa shape index (κ3) is 2.33. The van der Waals surface area contributed by atoms with Gasteiger partial charge in [-0.1, -0.05) is 30.3 Å². The first kappa shape index (κ1) is 13.6. The van der Waals surface area contributed by atoms with Crippen LogP contribution in [0.1, 0.15) is 19.3 Å². The smallest absolute Gasteiger partial charge is 0.204 e. The number of hydrogen-bond donors (Lipinski definition) is 0. The maximum atomic E-state index is 12.4. The molecule has 22 heavy (non-hydrogen) atoms. The van der Waals surface area contributed by atoms with Gasteiger partial charge in [-0.05, 0) is 24.8 Å². The van der Waals surface area contributed by atoms with Crippen LogP contribution in [-0.2, 0) is 0 Å². The topological polar surface area (TPSA) is 33.5 Å². The van der Waals surface area contributed by atoms with Crippen LogP contribution in [0.3, 0.4) is 0 Å². The second-order valence-electron chi connectivity index (χ2n) is 5.67. The first-order valence-electron chi connectivity index (χ1n) is 7.68. The summed E-state index contributed by atoms with van der Waals surface area (Å²) in [6.07, 6.45) is 3.59. The number of thiophene rings is 1. The first-order valence-corrected chi connectivity index (χ1v) is 8.56. The fraction of sp³-hybridized carbons (Fsp3) is 0.278. The van der Waals surface area contributed by atoms with E-state index < -0.39 is 0 Å². The molecule has 4 heteroatoms. The van der Waals surface area contributed by atoms with Crippen molar-refractivity contribution in [2.24, 2.45) is 0 Å². The van der Waals surface area contributed by atoms with Crippen molar-refractivity contribution in [1.29, 1.82) is 0 Å². The zero-order valence-corrected chi connectivity index (χ0v) is 13.1. The molecular weight excluding hydrogens is 294 g/mol. The van der Waals surface area contributed by atoms with Gasteiger partial charge >= 0.3 is 0 Å². The molecule has 0 N–H and O–H groups in total. The van der Waals surface area contributed by atoms with Crippen LogP contribution in [0.15, 0.2) is 51.0 Å². The quantitative estimate of drug-likeness (QED) is 0.698. The van der Waals surface area contributed by atoms with E-state index in [9.17, 15) is 4.79 Å². The number of piperidine rings is 1. The molecular formula is C18H17NO2S. The predicted octanol–water partition coefficient (Wildman–Crippen LogP) is 4.51. The van der Waals surface area contributed by atoms with Crippen molar-refractivity contribution in [3.8, 4) is 11.1 Å². The van der Waals surface area contributed by atoms with Gasteiger partial charge in [-0.3, -0.25) is 4.79 Å². The highest BCUT2D eigenvalue weighted by molar-refractivity contribution is 7.17. The van der Waals surface area contributed by atoms with Crippen molar-refractivity contribution in [3.05, 3.63) is 52.0 Å². The van der Waals surface area contributed by atoms with Gasteiger partial charge in [0.1, 0.15) is 4.70 Å². The summed E-state index contributed by atoms with van der Waals surface area (Å²) in [6, 6.07) is 11.8. The van der Waals surface area contributed by atoms with Gasteiger partial charge in [-0.15, -0.1) is 11.3 Å². The Bertz CT molecular complexity index is 844. The van der Waals surface area contributed by atoms with Gasteiger partial charge in [0.05, 0.1) is 0 Å². The zero-order chi connectivity index (χ0) is 14.9. The molecule has 3 nitrogen and oxygen atoms in total. The molecule has 0 radical (unpaired) electrons. The maximum Gasteiger partial charge on any atom is 0.204 e. The van der Waals surface area contributed by atoms with E-state index in [2.05, 4.69) is 17.0 Å². The van der Waals surface area contributed by atoms with Crippen LogP contribution in [0, 0.1) is 0 Å². The normalized spacial score (nSPS) is 15.4. The van der Waals surface area contributed by atoms with Gasteiger partial charge in [0.2, 0.25) is 5.43 Å². The first-order chi connectivity index (χ1) is 10.8. The summed E-state index contributed by atoms with van der Waals surface area (Å²) in [5.41, 5.74) is 2.89. The van der Waals surface area contributed by atoms with E-state index in [1.807, 2.05) is 23.6 Å². The monoisotopic (exact) mass is 311 g/mol. The lowest BCUT2D eigenvalue weighted by atomic mass is 10.1. The maximum absolute atomic E-state index is 12.4. The highest BCUT2D eigenvalue weighted by Crippen LogP contribution is 2.34. The van der Waals surface area contributed by atoms with Crippen LogP contribution >= 0.6 is 11.3 Å². The van der Waals surface area contributed by atoms with Crippen LogP contribution in [0.5, 0.6) is 0 Å². The molecule has 112 valence electrons. The molecule has 3 aromatic rings. The third-order valence-electron chi connectivity index (χ3n) is 4.18. The van der Waals surface area contributed by atoms with Gasteiger partial charge in [0, 0.05) is 30.1 Å². The fourth-order valence-electron chi connectivity index (χ4n) is 3.02. The number of fused-ring (bicyclic) bond motifs is 1. The summed E-state index contributed by atoms with van der Waals surface area (Å²) in [4.78, 5) is 14.6. The Morgan fingerprint density at radius 2 is 1.82 bits per heavy atom. The van der Waals surface area contributed by atoms with Gasteiger partial charge in [0.25, 0.3) is 0 Å². The van der Waals surface area contributed by atoms with Gasteiger partial charge in [-0.2, -0.15) is 0 Å². The molecule has 0 atom stereocenters. The van der Waals surface area contributed by atoms with Crippen molar-refractivity contribution in [3.63, 3.8) is 0 Å². The minimum atomic E-state index is 0.0639. The minimum Gasteiger partial charge on any atom is -0.439 e. The largest absolute Gasteiger partial charge is 0.439 e. The van der Waals surface area contributed by atoms with Crippen LogP contribution in [0.25, 0.3) is 21.4 Å². The second kappa shape index (κ2) is 5.61. The predicted molar refractivity (Wildman–Crippen MR) is 91.9 cm³/mol. The summed E-state index contributed by atoms with van der Waals surface area (Å²) in [5, 5.41) is 2.02. The van der Waals surface area contributed by atoms with E-state index in [1.165, 1.54) is 17.8 Å². The molecule has 4 rings (SSSR count). The molecule has 0 spiro atoms. The van der Waals surface area contributed by atoms with E-state index in [0.717, 1.165) is 42.6 Å². The molecule has 1 saturated heterocycles. The number of anilines is 1. The van der Waals surface area contributed by atoms with E-state index in [1.54, 1.807) is 6.07 Å². The number of rotatable bonds is 2. The van der Waals surface area contributed by atoms with E-state index in [4.69, 9.17) is 4.42 Å². The lowest BCUT2D eigenvalue weighted by Gasteiger charge is -2.26. The van der Waals surface area contributed by atoms with Gasteiger partial charge in [-0.25, -0.2) is 0 Å². The highest BCUT2D eigenvalue weighted by atomic mass is 32.1. The van der Waals surface area contributed by atoms with Crippen molar-refractivity contribution in [2.45, 2.75) is 19.3 Å². The van der Waals surface area contributed by atoms with Crippen molar-refractivity contribution < 1.29 is 4.42 Å². The zero-order valence-electron chi connectivity index (χ0n) is 12.2. The summed E-state index contributed by atoms with van der Waals surface area (Å²) < 4.78 is 6.85. The SMILES string of the molecule is O=c1cc(N2CCCCC2)oc2c(-c3ccccc3)csc12. The Hall–Kier alpha value is -2.07. The highest BCUT2D eigenvalue weighted by Gasteiger charge is 2.18. The number of hydrogen-bond acceptors (Lipinski definition) is 4. The molecule has 0 aliphatic carbocycles. The van der Waals surface area contributed by atoms with Crippen molar-refractivity contribution >= 4 is 27.5 Å². The summed E-state index contributed by atoms with van der Waals surface area (Å²) in [6.45, 7) is 1.94. The van der Waals surface area contributed by atoms with Crippen molar-refractivity contribution in [2.75, 3.05) is 18.0 Å².